The van der Waals surface area contributed by atoms with Gasteiger partial charge in [-0.3, -0.25) is 0 Å². The number of benzene rings is 2. The normalized spacial score (nSPS) is 10.4. The Bertz CT molecular complexity index is 508. The minimum absolute atomic E-state index is 0.845. The van der Waals surface area contributed by atoms with Crippen molar-refractivity contribution in [3.8, 4) is 11.5 Å². The van der Waals surface area contributed by atoms with Crippen molar-refractivity contribution in [2.24, 2.45) is 0 Å². The second-order valence-corrected chi connectivity index (χ2v) is 4.70. The fourth-order valence-electron chi connectivity index (χ4n) is 1.96. The predicted octanol–water partition coefficient (Wildman–Crippen LogP) is 4.29. The summed E-state index contributed by atoms with van der Waals surface area (Å²) in [7, 11) is 0. The summed E-state index contributed by atoms with van der Waals surface area (Å²) in [5.41, 5.74) is 2.46. The molecule has 2 aromatic carbocycles. The molecule has 2 heteroatoms. The van der Waals surface area contributed by atoms with Crippen LogP contribution in [0.25, 0.3) is 0 Å². The van der Waals surface area contributed by atoms with E-state index in [1.807, 2.05) is 36.4 Å². The molecule has 2 aromatic rings. The summed E-state index contributed by atoms with van der Waals surface area (Å²) >= 11 is 0. The van der Waals surface area contributed by atoms with Gasteiger partial charge >= 0.3 is 0 Å². The first-order valence-corrected chi connectivity index (χ1v) is 6.82. The molecule has 0 unspecified atom stereocenters. The summed E-state index contributed by atoms with van der Waals surface area (Å²) < 4.78 is 5.96. The van der Waals surface area contributed by atoms with Gasteiger partial charge in [0.1, 0.15) is 11.5 Å². The largest absolute Gasteiger partial charge is 0.457 e. The fraction of sp³-hybridized carbons (Fsp3) is 0.294. The summed E-state index contributed by atoms with van der Waals surface area (Å²) in [5, 5.41) is 3.42. The van der Waals surface area contributed by atoms with Gasteiger partial charge < -0.3 is 10.1 Å². The summed E-state index contributed by atoms with van der Waals surface area (Å²) in [5.74, 6) is 1.81. The number of ether oxygens (including phenoxy) is 1. The van der Waals surface area contributed by atoms with Gasteiger partial charge in [-0.2, -0.15) is 0 Å². The van der Waals surface area contributed by atoms with Crippen molar-refractivity contribution in [1.29, 1.82) is 0 Å². The van der Waals surface area contributed by atoms with Gasteiger partial charge in [0.2, 0.25) is 0 Å². The van der Waals surface area contributed by atoms with Crippen LogP contribution in [0, 0.1) is 6.92 Å². The van der Waals surface area contributed by atoms with Crippen LogP contribution in [0.1, 0.15) is 24.5 Å². The van der Waals surface area contributed by atoms with Gasteiger partial charge in [0.05, 0.1) is 0 Å². The quantitative estimate of drug-likeness (QED) is 0.778. The molecule has 0 atom stereocenters. The molecular formula is C17H21NO. The lowest BCUT2D eigenvalue weighted by Crippen LogP contribution is -2.14. The monoisotopic (exact) mass is 255 g/mol. The smallest absolute Gasteiger partial charge is 0.131 e. The Labute approximate surface area is 115 Å². The molecule has 0 aliphatic rings. The molecule has 0 aliphatic heterocycles. The van der Waals surface area contributed by atoms with Crippen molar-refractivity contribution in [2.75, 3.05) is 6.54 Å². The van der Waals surface area contributed by atoms with Gasteiger partial charge in [0.15, 0.2) is 0 Å². The zero-order valence-electron chi connectivity index (χ0n) is 11.6. The van der Waals surface area contributed by atoms with E-state index in [9.17, 15) is 0 Å². The van der Waals surface area contributed by atoms with E-state index < -0.39 is 0 Å². The van der Waals surface area contributed by atoms with Crippen LogP contribution in [0.5, 0.6) is 11.5 Å². The number of para-hydroxylation sites is 1. The number of rotatable bonds is 6. The van der Waals surface area contributed by atoms with E-state index in [1.165, 1.54) is 11.1 Å². The topological polar surface area (TPSA) is 21.3 Å². The summed E-state index contributed by atoms with van der Waals surface area (Å²) in [6, 6.07) is 16.2. The first-order chi connectivity index (χ1) is 9.29. The lowest BCUT2D eigenvalue weighted by atomic mass is 10.1. The van der Waals surface area contributed by atoms with Gasteiger partial charge in [-0.15, -0.1) is 0 Å². The molecule has 0 bridgehead atoms. The number of hydrogen-bond donors (Lipinski definition) is 1. The zero-order valence-corrected chi connectivity index (χ0v) is 11.6. The second-order valence-electron chi connectivity index (χ2n) is 4.70. The van der Waals surface area contributed by atoms with Crippen molar-refractivity contribution in [1.82, 2.24) is 5.32 Å². The Morgan fingerprint density at radius 2 is 1.84 bits per heavy atom. The van der Waals surface area contributed by atoms with Crippen LogP contribution in [0.3, 0.4) is 0 Å². The van der Waals surface area contributed by atoms with Gasteiger partial charge in [-0.25, -0.2) is 0 Å². The SMILES string of the molecule is CCCNCc1cc(C)ccc1Oc1ccccc1. The van der Waals surface area contributed by atoms with Crippen molar-refractivity contribution in [2.45, 2.75) is 26.8 Å². The first-order valence-electron chi connectivity index (χ1n) is 6.82. The molecule has 2 rings (SSSR count). The predicted molar refractivity (Wildman–Crippen MR) is 79.7 cm³/mol. The minimum atomic E-state index is 0.845. The van der Waals surface area contributed by atoms with Gasteiger partial charge in [-0.1, -0.05) is 42.8 Å². The van der Waals surface area contributed by atoms with Crippen LogP contribution >= 0.6 is 0 Å². The molecule has 0 radical (unpaired) electrons. The van der Waals surface area contributed by atoms with E-state index in [0.29, 0.717) is 0 Å². The number of nitrogens with one attached hydrogen (secondary N) is 1. The standard InChI is InChI=1S/C17H21NO/c1-3-11-18-13-15-12-14(2)9-10-17(15)19-16-7-5-4-6-8-16/h4-10,12,18H,3,11,13H2,1-2H3. The van der Waals surface area contributed by atoms with E-state index in [-0.39, 0.29) is 0 Å². The number of hydrogen-bond acceptors (Lipinski definition) is 2. The average Bonchev–Trinajstić information content (AvgIpc) is 2.43. The van der Waals surface area contributed by atoms with Gasteiger partial charge in [0.25, 0.3) is 0 Å². The fourth-order valence-corrected chi connectivity index (χ4v) is 1.96. The molecule has 0 heterocycles. The molecule has 0 spiro atoms. The van der Waals surface area contributed by atoms with E-state index in [2.05, 4.69) is 31.3 Å². The summed E-state index contributed by atoms with van der Waals surface area (Å²) in [6.45, 7) is 6.15. The highest BCUT2D eigenvalue weighted by molar-refractivity contribution is 5.40. The van der Waals surface area contributed by atoms with Crippen LogP contribution in [0.15, 0.2) is 48.5 Å². The Morgan fingerprint density at radius 3 is 2.58 bits per heavy atom. The lowest BCUT2D eigenvalue weighted by molar-refractivity contribution is 0.472. The van der Waals surface area contributed by atoms with Crippen LogP contribution < -0.4 is 10.1 Å². The molecule has 0 saturated carbocycles. The van der Waals surface area contributed by atoms with Crippen LogP contribution in [0.4, 0.5) is 0 Å². The average molecular weight is 255 g/mol. The third-order valence-corrected chi connectivity index (χ3v) is 2.93. The Kier molecular flexibility index (Phi) is 4.99. The Morgan fingerprint density at radius 1 is 1.05 bits per heavy atom. The molecule has 0 saturated heterocycles. The summed E-state index contributed by atoms with van der Waals surface area (Å²) in [6.07, 6.45) is 1.14. The van der Waals surface area contributed by atoms with Crippen molar-refractivity contribution < 1.29 is 4.74 Å². The number of aryl methyl sites for hydroxylation is 1. The maximum Gasteiger partial charge on any atom is 0.131 e. The highest BCUT2D eigenvalue weighted by Gasteiger charge is 2.05. The molecule has 0 fully saturated rings. The Hall–Kier alpha value is -1.80. The third kappa shape index (κ3) is 4.11. The molecule has 0 aromatic heterocycles. The molecule has 100 valence electrons. The maximum absolute atomic E-state index is 5.96. The van der Waals surface area contributed by atoms with Gasteiger partial charge in [-0.05, 0) is 38.1 Å². The highest BCUT2D eigenvalue weighted by atomic mass is 16.5. The van der Waals surface area contributed by atoms with Crippen molar-refractivity contribution in [3.05, 3.63) is 59.7 Å². The highest BCUT2D eigenvalue weighted by Crippen LogP contribution is 2.26. The van der Waals surface area contributed by atoms with E-state index in [0.717, 1.165) is 31.0 Å². The van der Waals surface area contributed by atoms with Crippen molar-refractivity contribution >= 4 is 0 Å². The van der Waals surface area contributed by atoms with Crippen molar-refractivity contribution in [3.63, 3.8) is 0 Å². The molecule has 19 heavy (non-hydrogen) atoms. The minimum Gasteiger partial charge on any atom is -0.457 e. The van der Waals surface area contributed by atoms with Crippen LogP contribution in [0.2, 0.25) is 0 Å². The third-order valence-electron chi connectivity index (χ3n) is 2.93. The Balaban J connectivity index is 2.14. The molecule has 2 nitrogen and oxygen atoms in total. The lowest BCUT2D eigenvalue weighted by Gasteiger charge is -2.12. The van der Waals surface area contributed by atoms with Crippen LogP contribution in [-0.2, 0) is 6.54 Å². The van der Waals surface area contributed by atoms with E-state index >= 15 is 0 Å². The molecular weight excluding hydrogens is 234 g/mol. The molecule has 1 N–H and O–H groups in total. The van der Waals surface area contributed by atoms with Gasteiger partial charge in [0, 0.05) is 12.1 Å². The second kappa shape index (κ2) is 6.95. The zero-order chi connectivity index (χ0) is 13.5. The summed E-state index contributed by atoms with van der Waals surface area (Å²) in [4.78, 5) is 0. The molecule has 0 aliphatic carbocycles. The van der Waals surface area contributed by atoms with E-state index in [1.54, 1.807) is 0 Å². The first kappa shape index (κ1) is 13.6. The molecule has 0 amide bonds. The van der Waals surface area contributed by atoms with Crippen LogP contribution in [-0.4, -0.2) is 6.54 Å². The van der Waals surface area contributed by atoms with E-state index in [4.69, 9.17) is 4.74 Å². The maximum atomic E-state index is 5.96.